The maximum atomic E-state index is 13.3. The zero-order valence-electron chi connectivity index (χ0n) is 8.68. The molecule has 0 spiro atoms. The number of Topliss-reactive ketones (excluding diaryl/α,β-unsaturated/α-hetero) is 1. The second kappa shape index (κ2) is 4.49. The van der Waals surface area contributed by atoms with Gasteiger partial charge in [0.25, 0.3) is 0 Å². The van der Waals surface area contributed by atoms with Gasteiger partial charge in [-0.2, -0.15) is 0 Å². The first-order valence-electron chi connectivity index (χ1n) is 4.69. The van der Waals surface area contributed by atoms with Crippen LogP contribution in [0.3, 0.4) is 0 Å². The summed E-state index contributed by atoms with van der Waals surface area (Å²) in [5, 5.41) is 0. The molecule has 0 saturated carbocycles. The third kappa shape index (κ3) is 2.39. The second-order valence-electron chi connectivity index (χ2n) is 3.64. The smallest absolute Gasteiger partial charge is 0.179 e. The summed E-state index contributed by atoms with van der Waals surface area (Å²) in [6.45, 7) is 3.26. The van der Waals surface area contributed by atoms with Gasteiger partial charge in [0, 0.05) is 6.07 Å². The number of carbonyl (C=O) groups excluding carboxylic acids is 1. The average Bonchev–Trinajstić information content (AvgIpc) is 2.16. The van der Waals surface area contributed by atoms with E-state index in [1.165, 1.54) is 6.07 Å². The molecule has 0 amide bonds. The second-order valence-corrected chi connectivity index (χ2v) is 3.64. The van der Waals surface area contributed by atoms with E-state index in [9.17, 15) is 13.6 Å². The number of nitrogens with two attached hydrogens (primary N) is 1. The van der Waals surface area contributed by atoms with Gasteiger partial charge in [-0.25, -0.2) is 8.78 Å². The summed E-state index contributed by atoms with van der Waals surface area (Å²) >= 11 is 0. The molecule has 0 bridgehead atoms. The summed E-state index contributed by atoms with van der Waals surface area (Å²) in [5.41, 5.74) is 5.32. The summed E-state index contributed by atoms with van der Waals surface area (Å²) in [5.74, 6) is -2.10. The van der Waals surface area contributed by atoms with Crippen LogP contribution in [0.15, 0.2) is 12.1 Å². The van der Waals surface area contributed by atoms with Crippen LogP contribution in [0.25, 0.3) is 0 Å². The highest BCUT2D eigenvalue weighted by atomic mass is 19.1. The molecule has 0 atom stereocenters. The summed E-state index contributed by atoms with van der Waals surface area (Å²) in [7, 11) is 0. The molecular formula is C11H13F2NO. The average molecular weight is 213 g/mol. The Bertz CT molecular complexity index is 388. The molecule has 0 aliphatic rings. The predicted octanol–water partition coefficient (Wildman–Crippen LogP) is 2.23. The fraction of sp³-hybridized carbons (Fsp3) is 0.364. The number of carbonyl (C=O) groups is 1. The van der Waals surface area contributed by atoms with Crippen LogP contribution < -0.4 is 5.73 Å². The van der Waals surface area contributed by atoms with Gasteiger partial charge >= 0.3 is 0 Å². The Morgan fingerprint density at radius 3 is 2.40 bits per heavy atom. The van der Waals surface area contributed by atoms with Crippen molar-refractivity contribution in [2.45, 2.75) is 19.8 Å². The van der Waals surface area contributed by atoms with Gasteiger partial charge in [0.2, 0.25) is 0 Å². The lowest BCUT2D eigenvalue weighted by molar-refractivity contribution is 0.0997. The van der Waals surface area contributed by atoms with Crippen LogP contribution >= 0.6 is 0 Å². The number of halogens is 2. The van der Waals surface area contributed by atoms with E-state index in [0.717, 1.165) is 6.07 Å². The van der Waals surface area contributed by atoms with E-state index < -0.39 is 17.4 Å². The highest BCUT2D eigenvalue weighted by molar-refractivity contribution is 5.97. The highest BCUT2D eigenvalue weighted by Gasteiger charge is 2.16. The molecule has 0 aliphatic heterocycles. The minimum Gasteiger partial charge on any atom is -0.324 e. The van der Waals surface area contributed by atoms with E-state index in [4.69, 9.17) is 5.73 Å². The lowest BCUT2D eigenvalue weighted by Gasteiger charge is -2.09. The van der Waals surface area contributed by atoms with E-state index >= 15 is 0 Å². The van der Waals surface area contributed by atoms with E-state index in [2.05, 4.69) is 0 Å². The molecule has 0 aliphatic carbocycles. The minimum absolute atomic E-state index is 0.102. The molecule has 0 heterocycles. The molecule has 1 aromatic carbocycles. The Hall–Kier alpha value is -1.29. The monoisotopic (exact) mass is 213 g/mol. The van der Waals surface area contributed by atoms with Gasteiger partial charge in [-0.05, 0) is 17.5 Å². The number of hydrogen-bond acceptors (Lipinski definition) is 2. The predicted molar refractivity (Wildman–Crippen MR) is 53.8 cm³/mol. The SMILES string of the molecule is CC(C)c1cc(C(=O)CN)c(F)cc1F. The molecule has 0 radical (unpaired) electrons. The number of benzene rings is 1. The van der Waals surface area contributed by atoms with Gasteiger partial charge in [0.1, 0.15) is 11.6 Å². The Morgan fingerprint density at radius 2 is 1.93 bits per heavy atom. The first-order chi connectivity index (χ1) is 6.97. The number of hydrogen-bond donors (Lipinski definition) is 1. The molecule has 1 aromatic rings. The first-order valence-corrected chi connectivity index (χ1v) is 4.69. The molecule has 82 valence electrons. The fourth-order valence-electron chi connectivity index (χ4n) is 1.33. The van der Waals surface area contributed by atoms with Crippen molar-refractivity contribution in [2.24, 2.45) is 5.73 Å². The third-order valence-electron chi connectivity index (χ3n) is 2.19. The zero-order chi connectivity index (χ0) is 11.6. The van der Waals surface area contributed by atoms with Crippen molar-refractivity contribution in [1.82, 2.24) is 0 Å². The van der Waals surface area contributed by atoms with E-state index in [-0.39, 0.29) is 18.0 Å². The fourth-order valence-corrected chi connectivity index (χ4v) is 1.33. The van der Waals surface area contributed by atoms with E-state index in [1.807, 2.05) is 0 Å². The lowest BCUT2D eigenvalue weighted by Crippen LogP contribution is -2.16. The molecule has 2 nitrogen and oxygen atoms in total. The highest BCUT2D eigenvalue weighted by Crippen LogP contribution is 2.22. The quantitative estimate of drug-likeness (QED) is 0.782. The molecule has 2 N–H and O–H groups in total. The standard InChI is InChI=1S/C11H13F2NO/c1-6(2)7-3-8(11(15)5-14)10(13)4-9(7)12/h3-4,6H,5,14H2,1-2H3. The Labute approximate surface area is 87.1 Å². The summed E-state index contributed by atoms with van der Waals surface area (Å²) < 4.78 is 26.5. The van der Waals surface area contributed by atoms with Crippen molar-refractivity contribution in [3.63, 3.8) is 0 Å². The third-order valence-corrected chi connectivity index (χ3v) is 2.19. The number of ketones is 1. The molecule has 0 saturated heterocycles. The molecule has 0 aromatic heterocycles. The van der Waals surface area contributed by atoms with Crippen LogP contribution in [0.4, 0.5) is 8.78 Å². The maximum Gasteiger partial charge on any atom is 0.179 e. The molecule has 0 fully saturated rings. The topological polar surface area (TPSA) is 43.1 Å². The van der Waals surface area contributed by atoms with Crippen LogP contribution in [0.2, 0.25) is 0 Å². The van der Waals surface area contributed by atoms with Crippen molar-refractivity contribution in [2.75, 3.05) is 6.54 Å². The Morgan fingerprint density at radius 1 is 1.33 bits per heavy atom. The van der Waals surface area contributed by atoms with Crippen molar-refractivity contribution in [1.29, 1.82) is 0 Å². The Balaban J connectivity index is 3.29. The van der Waals surface area contributed by atoms with Gasteiger partial charge in [0.05, 0.1) is 12.1 Å². The molecule has 0 unspecified atom stereocenters. The van der Waals surface area contributed by atoms with Crippen LogP contribution in [0.1, 0.15) is 35.7 Å². The Kier molecular flexibility index (Phi) is 3.52. The van der Waals surface area contributed by atoms with Crippen molar-refractivity contribution < 1.29 is 13.6 Å². The van der Waals surface area contributed by atoms with E-state index in [1.54, 1.807) is 13.8 Å². The van der Waals surface area contributed by atoms with Gasteiger partial charge in [-0.1, -0.05) is 13.8 Å². The summed E-state index contributed by atoms with van der Waals surface area (Å²) in [6.07, 6.45) is 0. The van der Waals surface area contributed by atoms with Crippen molar-refractivity contribution in [3.05, 3.63) is 34.9 Å². The molecule has 15 heavy (non-hydrogen) atoms. The lowest BCUT2D eigenvalue weighted by atomic mass is 9.98. The first kappa shape index (κ1) is 11.8. The van der Waals surface area contributed by atoms with Crippen LogP contribution in [-0.2, 0) is 0 Å². The normalized spacial score (nSPS) is 10.8. The minimum atomic E-state index is -0.854. The van der Waals surface area contributed by atoms with Crippen LogP contribution in [-0.4, -0.2) is 12.3 Å². The largest absolute Gasteiger partial charge is 0.324 e. The van der Waals surface area contributed by atoms with Gasteiger partial charge in [-0.15, -0.1) is 0 Å². The molecular weight excluding hydrogens is 200 g/mol. The molecule has 4 heteroatoms. The van der Waals surface area contributed by atoms with E-state index in [0.29, 0.717) is 5.56 Å². The maximum absolute atomic E-state index is 13.3. The van der Waals surface area contributed by atoms with Gasteiger partial charge in [0.15, 0.2) is 5.78 Å². The van der Waals surface area contributed by atoms with Crippen molar-refractivity contribution >= 4 is 5.78 Å². The summed E-state index contributed by atoms with van der Waals surface area (Å²) in [4.78, 5) is 11.2. The van der Waals surface area contributed by atoms with Crippen molar-refractivity contribution in [3.8, 4) is 0 Å². The zero-order valence-corrected chi connectivity index (χ0v) is 8.68. The number of rotatable bonds is 3. The van der Waals surface area contributed by atoms with Crippen LogP contribution in [0.5, 0.6) is 0 Å². The van der Waals surface area contributed by atoms with Gasteiger partial charge < -0.3 is 5.73 Å². The van der Waals surface area contributed by atoms with Gasteiger partial charge in [-0.3, -0.25) is 4.79 Å². The van der Waals surface area contributed by atoms with Crippen LogP contribution in [0, 0.1) is 11.6 Å². The molecule has 1 rings (SSSR count). The summed E-state index contributed by atoms with van der Waals surface area (Å²) in [6, 6.07) is 1.97.